The van der Waals surface area contributed by atoms with Crippen LogP contribution in [0.15, 0.2) is 156 Å². The Morgan fingerprint density at radius 2 is 1.20 bits per heavy atom. The molecule has 0 radical (unpaired) electrons. The van der Waals surface area contributed by atoms with Crippen molar-refractivity contribution < 1.29 is 4.42 Å². The minimum atomic E-state index is -0.535. The second-order valence-electron chi connectivity index (χ2n) is 11.8. The van der Waals surface area contributed by atoms with Crippen molar-refractivity contribution in [3.05, 3.63) is 174 Å². The average Bonchev–Trinajstić information content (AvgIpc) is 3.73. The molecule has 204 valence electrons. The predicted octanol–water partition coefficient (Wildman–Crippen LogP) is 10.7. The zero-order chi connectivity index (χ0) is 28.8. The summed E-state index contributed by atoms with van der Waals surface area (Å²) in [5, 5.41) is 2.31. The molecule has 0 aliphatic heterocycles. The third-order valence-electron chi connectivity index (χ3n) is 9.74. The van der Waals surface area contributed by atoms with Gasteiger partial charge in [0.1, 0.15) is 11.2 Å². The molecule has 1 spiro atoms. The fraction of sp³-hybridized carbons (Fsp3) is 0.0238. The number of para-hydroxylation sites is 1. The van der Waals surface area contributed by atoms with Crippen LogP contribution in [-0.4, -0.2) is 4.98 Å². The lowest BCUT2D eigenvalue weighted by molar-refractivity contribution is 0.669. The van der Waals surface area contributed by atoms with E-state index in [1.54, 1.807) is 0 Å². The molecule has 2 aliphatic carbocycles. The highest BCUT2D eigenvalue weighted by molar-refractivity contribution is 6.19. The molecule has 0 N–H and O–H groups in total. The van der Waals surface area contributed by atoms with E-state index in [-0.39, 0.29) is 0 Å². The smallest absolute Gasteiger partial charge is 0.144 e. The largest absolute Gasteiger partial charge is 0.455 e. The van der Waals surface area contributed by atoms with E-state index in [0.717, 1.165) is 22.2 Å². The van der Waals surface area contributed by atoms with Gasteiger partial charge in [0.25, 0.3) is 0 Å². The highest BCUT2D eigenvalue weighted by Crippen LogP contribution is 2.64. The molecule has 2 aromatic heterocycles. The standard InChI is InChI=1S/C42H25NO/c1-3-12-26(13-4-1)28-21-22-29-35(24-28)42(33-18-9-7-16-30(33)40-34(42)19-11-23-43-40)36-25-32(27-14-5-2-6-15-27)38-31-17-8-10-20-37(31)44-41(38)39(29)36/h1-25H. The molecule has 10 rings (SSSR count). The van der Waals surface area contributed by atoms with Crippen molar-refractivity contribution in [2.24, 2.45) is 0 Å². The Labute approximate surface area is 254 Å². The van der Waals surface area contributed by atoms with Crippen LogP contribution in [0.4, 0.5) is 0 Å². The van der Waals surface area contributed by atoms with Crippen molar-refractivity contribution in [1.82, 2.24) is 4.98 Å². The van der Waals surface area contributed by atoms with E-state index in [0.29, 0.717) is 0 Å². The molecule has 2 heterocycles. The van der Waals surface area contributed by atoms with Gasteiger partial charge in [-0.3, -0.25) is 4.98 Å². The zero-order valence-corrected chi connectivity index (χ0v) is 23.8. The van der Waals surface area contributed by atoms with E-state index in [4.69, 9.17) is 9.40 Å². The summed E-state index contributed by atoms with van der Waals surface area (Å²) in [4.78, 5) is 5.00. The third-order valence-corrected chi connectivity index (χ3v) is 9.74. The third kappa shape index (κ3) is 2.92. The van der Waals surface area contributed by atoms with Gasteiger partial charge in [0, 0.05) is 28.1 Å². The molecule has 2 nitrogen and oxygen atoms in total. The Bertz CT molecular complexity index is 2390. The van der Waals surface area contributed by atoms with Crippen LogP contribution in [0.3, 0.4) is 0 Å². The lowest BCUT2D eigenvalue weighted by Crippen LogP contribution is -2.26. The van der Waals surface area contributed by atoms with Gasteiger partial charge in [0.05, 0.1) is 11.1 Å². The number of pyridine rings is 1. The minimum absolute atomic E-state index is 0.535. The van der Waals surface area contributed by atoms with Gasteiger partial charge in [-0.1, -0.05) is 121 Å². The van der Waals surface area contributed by atoms with Gasteiger partial charge in [0.2, 0.25) is 0 Å². The number of benzene rings is 6. The number of furan rings is 1. The van der Waals surface area contributed by atoms with Crippen molar-refractivity contribution in [2.45, 2.75) is 5.41 Å². The van der Waals surface area contributed by atoms with Gasteiger partial charge in [-0.15, -0.1) is 0 Å². The summed E-state index contributed by atoms with van der Waals surface area (Å²) in [6.45, 7) is 0. The van der Waals surface area contributed by atoms with Crippen LogP contribution in [-0.2, 0) is 5.41 Å². The molecule has 6 aromatic carbocycles. The van der Waals surface area contributed by atoms with Crippen LogP contribution in [0.1, 0.15) is 22.3 Å². The molecule has 0 saturated carbocycles. The molecule has 2 heteroatoms. The molecule has 0 amide bonds. The molecule has 0 fully saturated rings. The Hall–Kier alpha value is -5.73. The summed E-state index contributed by atoms with van der Waals surface area (Å²) >= 11 is 0. The van der Waals surface area contributed by atoms with Crippen LogP contribution >= 0.6 is 0 Å². The Morgan fingerprint density at radius 3 is 2.07 bits per heavy atom. The molecule has 44 heavy (non-hydrogen) atoms. The van der Waals surface area contributed by atoms with Crippen LogP contribution in [0, 0.1) is 0 Å². The van der Waals surface area contributed by atoms with Crippen LogP contribution in [0.2, 0.25) is 0 Å². The second-order valence-corrected chi connectivity index (χ2v) is 11.8. The second kappa shape index (κ2) is 8.65. The first-order chi connectivity index (χ1) is 21.8. The fourth-order valence-corrected chi connectivity index (χ4v) is 8.00. The lowest BCUT2D eigenvalue weighted by Gasteiger charge is -2.30. The number of hydrogen-bond donors (Lipinski definition) is 0. The molecule has 1 unspecified atom stereocenters. The van der Waals surface area contributed by atoms with E-state index < -0.39 is 5.41 Å². The summed E-state index contributed by atoms with van der Waals surface area (Å²) in [6.07, 6.45) is 1.92. The highest BCUT2D eigenvalue weighted by atomic mass is 16.3. The van der Waals surface area contributed by atoms with Gasteiger partial charge in [-0.2, -0.15) is 0 Å². The normalized spacial score (nSPS) is 15.8. The predicted molar refractivity (Wildman–Crippen MR) is 179 cm³/mol. The first-order valence-electron chi connectivity index (χ1n) is 15.1. The maximum absolute atomic E-state index is 6.89. The van der Waals surface area contributed by atoms with Gasteiger partial charge in [0.15, 0.2) is 0 Å². The summed E-state index contributed by atoms with van der Waals surface area (Å²) in [7, 11) is 0. The molecular weight excluding hydrogens is 534 g/mol. The van der Waals surface area contributed by atoms with E-state index in [2.05, 4.69) is 146 Å². The van der Waals surface area contributed by atoms with Crippen molar-refractivity contribution >= 4 is 21.9 Å². The monoisotopic (exact) mass is 559 g/mol. The van der Waals surface area contributed by atoms with Gasteiger partial charge in [-0.05, 0) is 74.3 Å². The van der Waals surface area contributed by atoms with Crippen molar-refractivity contribution in [2.75, 3.05) is 0 Å². The maximum atomic E-state index is 6.89. The SMILES string of the molecule is c1ccc(-c2ccc3c(c2)C2(c4ccccc4-c4ncccc42)c2cc(-c4ccccc4)c4c(oc5ccccc54)c2-3)cc1. The summed E-state index contributed by atoms with van der Waals surface area (Å²) in [5.74, 6) is 0. The lowest BCUT2D eigenvalue weighted by atomic mass is 9.70. The van der Waals surface area contributed by atoms with Gasteiger partial charge >= 0.3 is 0 Å². The number of hydrogen-bond acceptors (Lipinski definition) is 2. The molecule has 1 atom stereocenters. The summed E-state index contributed by atoms with van der Waals surface area (Å²) < 4.78 is 6.89. The molecule has 0 saturated heterocycles. The zero-order valence-electron chi connectivity index (χ0n) is 23.8. The quantitative estimate of drug-likeness (QED) is 0.211. The van der Waals surface area contributed by atoms with Crippen LogP contribution in [0.25, 0.3) is 66.6 Å². The highest BCUT2D eigenvalue weighted by Gasteiger charge is 2.53. The van der Waals surface area contributed by atoms with Crippen LogP contribution in [0.5, 0.6) is 0 Å². The van der Waals surface area contributed by atoms with Crippen molar-refractivity contribution in [3.63, 3.8) is 0 Å². The topological polar surface area (TPSA) is 26.0 Å². The number of nitrogens with zero attached hydrogens (tertiary/aromatic N) is 1. The Kier molecular flexibility index (Phi) is 4.68. The maximum Gasteiger partial charge on any atom is 0.144 e. The first-order valence-corrected chi connectivity index (χ1v) is 15.1. The fourth-order valence-electron chi connectivity index (χ4n) is 8.00. The Morgan fingerprint density at radius 1 is 0.477 bits per heavy atom. The number of aromatic nitrogens is 1. The first kappa shape index (κ1) is 23.8. The van der Waals surface area contributed by atoms with Gasteiger partial charge in [-0.25, -0.2) is 0 Å². The van der Waals surface area contributed by atoms with Crippen molar-refractivity contribution in [1.29, 1.82) is 0 Å². The Balaban J connectivity index is 1.43. The minimum Gasteiger partial charge on any atom is -0.455 e. The molecule has 2 aliphatic rings. The molecule has 0 bridgehead atoms. The number of fused-ring (bicyclic) bond motifs is 14. The van der Waals surface area contributed by atoms with Gasteiger partial charge < -0.3 is 4.42 Å². The average molecular weight is 560 g/mol. The van der Waals surface area contributed by atoms with E-state index in [9.17, 15) is 0 Å². The summed E-state index contributed by atoms with van der Waals surface area (Å²) in [5.41, 5.74) is 15.8. The van der Waals surface area contributed by atoms with Crippen LogP contribution < -0.4 is 0 Å². The van der Waals surface area contributed by atoms with E-state index >= 15 is 0 Å². The summed E-state index contributed by atoms with van der Waals surface area (Å²) in [6, 6.07) is 52.5. The van der Waals surface area contributed by atoms with E-state index in [1.165, 1.54) is 66.6 Å². The van der Waals surface area contributed by atoms with E-state index in [1.807, 2.05) is 6.20 Å². The molecular formula is C42H25NO. The van der Waals surface area contributed by atoms with Crippen molar-refractivity contribution in [3.8, 4) is 44.6 Å². The molecule has 8 aromatic rings. The number of rotatable bonds is 2.